The molecule has 0 aromatic heterocycles. The zero-order valence-corrected chi connectivity index (χ0v) is 9.21. The molecule has 4 nitrogen and oxygen atoms in total. The average Bonchev–Trinajstić information content (AvgIpc) is 2.17. The van der Waals surface area contributed by atoms with Gasteiger partial charge in [-0.25, -0.2) is 0 Å². The number of methoxy groups -OCH3 is 1. The number of nitrogens with two attached hydrogens (primary N) is 1. The quantitative estimate of drug-likeness (QED) is 0.568. The maximum absolute atomic E-state index is 11.3. The number of rotatable bonds is 8. The number of carbonyl (C=O) groups excluding carboxylic acids is 1. The highest BCUT2D eigenvalue weighted by atomic mass is 16.5. The third-order valence-corrected chi connectivity index (χ3v) is 2.02. The van der Waals surface area contributed by atoms with Gasteiger partial charge in [-0.3, -0.25) is 4.79 Å². The highest BCUT2D eigenvalue weighted by Gasteiger charge is 2.09. The van der Waals surface area contributed by atoms with E-state index in [4.69, 9.17) is 10.5 Å². The van der Waals surface area contributed by atoms with Gasteiger partial charge in [0.05, 0.1) is 12.6 Å². The molecule has 0 radical (unpaired) electrons. The maximum Gasteiger partial charge on any atom is 0.220 e. The Morgan fingerprint density at radius 3 is 2.71 bits per heavy atom. The van der Waals surface area contributed by atoms with Crippen LogP contribution in [0.3, 0.4) is 0 Å². The molecule has 0 aromatic rings. The van der Waals surface area contributed by atoms with E-state index < -0.39 is 0 Å². The molecule has 0 bridgehead atoms. The van der Waals surface area contributed by atoms with Crippen molar-refractivity contribution in [2.75, 3.05) is 20.3 Å². The summed E-state index contributed by atoms with van der Waals surface area (Å²) < 4.78 is 4.93. The summed E-state index contributed by atoms with van der Waals surface area (Å²) in [6.45, 7) is 3.02. The van der Waals surface area contributed by atoms with Gasteiger partial charge < -0.3 is 15.8 Å². The molecule has 4 heteroatoms. The number of unbranched alkanes of at least 4 members (excludes halogenated alkanes) is 2. The van der Waals surface area contributed by atoms with Crippen LogP contribution in [0.15, 0.2) is 0 Å². The molecular weight excluding hydrogens is 180 g/mol. The minimum absolute atomic E-state index is 0.0471. The van der Waals surface area contributed by atoms with Crippen LogP contribution in [0, 0.1) is 0 Å². The molecule has 0 aromatic carbocycles. The van der Waals surface area contributed by atoms with Gasteiger partial charge in [-0.05, 0) is 6.42 Å². The normalized spacial score (nSPS) is 12.5. The number of ether oxygens (including phenoxy) is 1. The summed E-state index contributed by atoms with van der Waals surface area (Å²) in [6.07, 6.45) is 3.78. The number of nitrogens with one attached hydrogen (secondary N) is 1. The van der Waals surface area contributed by atoms with Crippen molar-refractivity contribution >= 4 is 5.91 Å². The summed E-state index contributed by atoms with van der Waals surface area (Å²) in [7, 11) is 1.60. The first kappa shape index (κ1) is 13.4. The zero-order valence-electron chi connectivity index (χ0n) is 9.21. The van der Waals surface area contributed by atoms with Crippen LogP contribution in [0.25, 0.3) is 0 Å². The fraction of sp³-hybridized carbons (Fsp3) is 0.900. The monoisotopic (exact) mass is 202 g/mol. The molecule has 0 saturated heterocycles. The summed E-state index contributed by atoms with van der Waals surface area (Å²) in [5.41, 5.74) is 5.47. The number of carbonyl (C=O) groups is 1. The molecule has 0 aliphatic heterocycles. The minimum Gasteiger partial charge on any atom is -0.383 e. The fourth-order valence-electron chi connectivity index (χ4n) is 1.21. The third-order valence-electron chi connectivity index (χ3n) is 2.02. The predicted molar refractivity (Wildman–Crippen MR) is 57.0 cm³/mol. The second-order valence-corrected chi connectivity index (χ2v) is 3.41. The van der Waals surface area contributed by atoms with Crippen molar-refractivity contribution < 1.29 is 9.53 Å². The van der Waals surface area contributed by atoms with Crippen LogP contribution in [-0.2, 0) is 9.53 Å². The molecule has 0 aliphatic rings. The Labute approximate surface area is 86.2 Å². The molecule has 3 N–H and O–H groups in total. The van der Waals surface area contributed by atoms with Crippen LogP contribution in [0.5, 0.6) is 0 Å². The maximum atomic E-state index is 11.3. The van der Waals surface area contributed by atoms with Crippen LogP contribution in [0.2, 0.25) is 0 Å². The van der Waals surface area contributed by atoms with Gasteiger partial charge in [-0.1, -0.05) is 19.8 Å². The van der Waals surface area contributed by atoms with E-state index in [1.807, 2.05) is 0 Å². The summed E-state index contributed by atoms with van der Waals surface area (Å²) >= 11 is 0. The lowest BCUT2D eigenvalue weighted by Gasteiger charge is -2.15. The lowest BCUT2D eigenvalue weighted by atomic mass is 10.2. The Bertz CT molecular complexity index is 151. The van der Waals surface area contributed by atoms with Crippen LogP contribution in [0.4, 0.5) is 0 Å². The van der Waals surface area contributed by atoms with Crippen LogP contribution in [-0.4, -0.2) is 32.2 Å². The summed E-state index contributed by atoms with van der Waals surface area (Å²) in [5.74, 6) is 0.0750. The lowest BCUT2D eigenvalue weighted by Crippen LogP contribution is -2.43. The van der Waals surface area contributed by atoms with Crippen LogP contribution < -0.4 is 11.1 Å². The molecule has 1 unspecified atom stereocenters. The standard InChI is InChI=1S/C10H22N2O2/c1-3-4-5-6-10(13)12-9(7-11)8-14-2/h9H,3-8,11H2,1-2H3,(H,12,13). The molecule has 1 amide bonds. The van der Waals surface area contributed by atoms with Gasteiger partial charge in [-0.2, -0.15) is 0 Å². The molecule has 84 valence electrons. The molecule has 0 rings (SSSR count). The molecule has 0 saturated carbocycles. The fourth-order valence-corrected chi connectivity index (χ4v) is 1.21. The summed E-state index contributed by atoms with van der Waals surface area (Å²) in [4.78, 5) is 11.3. The first-order chi connectivity index (χ1) is 6.74. The topological polar surface area (TPSA) is 64.4 Å². The zero-order chi connectivity index (χ0) is 10.8. The van der Waals surface area contributed by atoms with Crippen molar-refractivity contribution in [3.05, 3.63) is 0 Å². The average molecular weight is 202 g/mol. The van der Waals surface area contributed by atoms with Crippen molar-refractivity contribution in [3.8, 4) is 0 Å². The Morgan fingerprint density at radius 2 is 2.21 bits per heavy atom. The molecule has 0 aliphatic carbocycles. The van der Waals surface area contributed by atoms with Crippen molar-refractivity contribution in [2.45, 2.75) is 38.6 Å². The number of hydrogen-bond donors (Lipinski definition) is 2. The van der Waals surface area contributed by atoms with Gasteiger partial charge in [0.25, 0.3) is 0 Å². The van der Waals surface area contributed by atoms with Gasteiger partial charge in [0.2, 0.25) is 5.91 Å². The van der Waals surface area contributed by atoms with Crippen molar-refractivity contribution in [2.24, 2.45) is 5.73 Å². The lowest BCUT2D eigenvalue weighted by molar-refractivity contribution is -0.122. The number of hydrogen-bond acceptors (Lipinski definition) is 3. The summed E-state index contributed by atoms with van der Waals surface area (Å²) in [6, 6.07) is -0.0471. The molecular formula is C10H22N2O2. The van der Waals surface area contributed by atoms with Gasteiger partial charge >= 0.3 is 0 Å². The Morgan fingerprint density at radius 1 is 1.50 bits per heavy atom. The molecule has 0 spiro atoms. The van der Waals surface area contributed by atoms with Gasteiger partial charge in [-0.15, -0.1) is 0 Å². The predicted octanol–water partition coefficient (Wildman–Crippen LogP) is 0.657. The number of amides is 1. The second-order valence-electron chi connectivity index (χ2n) is 3.41. The van der Waals surface area contributed by atoms with E-state index in [2.05, 4.69) is 12.2 Å². The van der Waals surface area contributed by atoms with Crippen molar-refractivity contribution in [1.82, 2.24) is 5.32 Å². The van der Waals surface area contributed by atoms with E-state index in [-0.39, 0.29) is 11.9 Å². The van der Waals surface area contributed by atoms with E-state index in [0.717, 1.165) is 19.3 Å². The van der Waals surface area contributed by atoms with E-state index in [1.165, 1.54) is 0 Å². The smallest absolute Gasteiger partial charge is 0.220 e. The van der Waals surface area contributed by atoms with E-state index >= 15 is 0 Å². The molecule has 0 heterocycles. The van der Waals surface area contributed by atoms with Crippen molar-refractivity contribution in [3.63, 3.8) is 0 Å². The summed E-state index contributed by atoms with van der Waals surface area (Å²) in [5, 5.41) is 2.84. The van der Waals surface area contributed by atoms with Crippen LogP contribution >= 0.6 is 0 Å². The first-order valence-electron chi connectivity index (χ1n) is 5.23. The third kappa shape index (κ3) is 6.86. The Balaban J connectivity index is 3.56. The highest BCUT2D eigenvalue weighted by molar-refractivity contribution is 5.76. The van der Waals surface area contributed by atoms with E-state index in [1.54, 1.807) is 7.11 Å². The second kappa shape index (κ2) is 8.97. The van der Waals surface area contributed by atoms with Crippen LogP contribution in [0.1, 0.15) is 32.6 Å². The first-order valence-corrected chi connectivity index (χ1v) is 5.23. The van der Waals surface area contributed by atoms with E-state index in [9.17, 15) is 4.79 Å². The van der Waals surface area contributed by atoms with Gasteiger partial charge in [0.15, 0.2) is 0 Å². The van der Waals surface area contributed by atoms with Gasteiger partial charge in [0, 0.05) is 20.1 Å². The van der Waals surface area contributed by atoms with Crippen molar-refractivity contribution in [1.29, 1.82) is 0 Å². The van der Waals surface area contributed by atoms with E-state index in [0.29, 0.717) is 19.6 Å². The minimum atomic E-state index is -0.0471. The molecule has 0 fully saturated rings. The van der Waals surface area contributed by atoms with Gasteiger partial charge in [0.1, 0.15) is 0 Å². The highest BCUT2D eigenvalue weighted by Crippen LogP contribution is 1.98. The Hall–Kier alpha value is -0.610. The largest absolute Gasteiger partial charge is 0.383 e. The molecule has 14 heavy (non-hydrogen) atoms. The SMILES string of the molecule is CCCCCC(=O)NC(CN)COC. The molecule has 1 atom stereocenters. The Kier molecular flexibility index (Phi) is 8.57.